The van der Waals surface area contributed by atoms with E-state index < -0.39 is 0 Å². The van der Waals surface area contributed by atoms with Crippen LogP contribution in [0.15, 0.2) is 76.5 Å². The van der Waals surface area contributed by atoms with Gasteiger partial charge in [0.1, 0.15) is 5.76 Å². The van der Waals surface area contributed by atoms with E-state index in [1.807, 2.05) is 54.0 Å². The minimum atomic E-state index is -0.0754. The number of carbonyl (C=O) groups is 1. The Balaban J connectivity index is 1.52. The molecule has 0 bridgehead atoms. The van der Waals surface area contributed by atoms with Crippen molar-refractivity contribution in [1.29, 1.82) is 0 Å². The van der Waals surface area contributed by atoms with Gasteiger partial charge in [-0.25, -0.2) is 0 Å². The first-order valence-corrected chi connectivity index (χ1v) is 11.2. The molecule has 0 radical (unpaired) electrons. The zero-order valence-electron chi connectivity index (χ0n) is 17.5. The number of carbonyl (C=O) groups excluding carboxylic acids is 1. The van der Waals surface area contributed by atoms with Crippen molar-refractivity contribution in [2.24, 2.45) is 0 Å². The van der Waals surface area contributed by atoms with Crippen LogP contribution in [0.5, 0.6) is 0 Å². The van der Waals surface area contributed by atoms with E-state index in [9.17, 15) is 4.79 Å². The van der Waals surface area contributed by atoms with E-state index >= 15 is 0 Å². The van der Waals surface area contributed by atoms with Crippen LogP contribution in [-0.2, 0) is 17.8 Å². The fourth-order valence-electron chi connectivity index (χ4n) is 3.32. The predicted octanol–water partition coefficient (Wildman–Crippen LogP) is 5.19. The zero-order valence-corrected chi connectivity index (χ0v) is 18.4. The normalized spacial score (nSPS) is 10.9. The molecule has 0 aliphatic carbocycles. The summed E-state index contributed by atoms with van der Waals surface area (Å²) in [6, 6.07) is 19.9. The molecule has 0 saturated heterocycles. The van der Waals surface area contributed by atoms with Crippen molar-refractivity contribution in [2.45, 2.75) is 32.0 Å². The van der Waals surface area contributed by atoms with Crippen molar-refractivity contribution in [2.75, 3.05) is 11.1 Å². The number of amides is 1. The first-order chi connectivity index (χ1) is 15.1. The third-order valence-electron chi connectivity index (χ3n) is 4.95. The van der Waals surface area contributed by atoms with Gasteiger partial charge in [-0.05, 0) is 42.7 Å². The second kappa shape index (κ2) is 9.66. The molecule has 0 atom stereocenters. The maximum absolute atomic E-state index is 12.5. The third-order valence-corrected chi connectivity index (χ3v) is 5.92. The summed E-state index contributed by atoms with van der Waals surface area (Å²) in [5, 5.41) is 12.4. The smallest absolute Gasteiger partial charge is 0.234 e. The van der Waals surface area contributed by atoms with Crippen molar-refractivity contribution < 1.29 is 9.21 Å². The average molecular weight is 433 g/mol. The number of nitrogens with one attached hydrogen (secondary N) is 1. The largest absolute Gasteiger partial charge is 0.469 e. The van der Waals surface area contributed by atoms with E-state index in [4.69, 9.17) is 4.42 Å². The lowest BCUT2D eigenvalue weighted by Crippen LogP contribution is -2.15. The van der Waals surface area contributed by atoms with Crippen molar-refractivity contribution in [3.63, 3.8) is 0 Å². The Morgan fingerprint density at radius 1 is 1.06 bits per heavy atom. The quantitative estimate of drug-likeness (QED) is 0.388. The predicted molar refractivity (Wildman–Crippen MR) is 123 cm³/mol. The fourth-order valence-corrected chi connectivity index (χ4v) is 4.05. The molecule has 1 N–H and O–H groups in total. The molecule has 0 unspecified atom stereocenters. The Bertz CT molecular complexity index is 1170. The van der Waals surface area contributed by atoms with Crippen LogP contribution in [-0.4, -0.2) is 26.4 Å². The van der Waals surface area contributed by atoms with Gasteiger partial charge in [0.2, 0.25) is 5.91 Å². The lowest BCUT2D eigenvalue weighted by molar-refractivity contribution is -0.113. The Morgan fingerprint density at radius 2 is 1.87 bits per heavy atom. The molecule has 0 aliphatic rings. The van der Waals surface area contributed by atoms with Gasteiger partial charge >= 0.3 is 0 Å². The number of hydrogen-bond acceptors (Lipinski definition) is 5. The van der Waals surface area contributed by atoms with E-state index in [2.05, 4.69) is 40.6 Å². The minimum Gasteiger partial charge on any atom is -0.469 e. The molecule has 2 heterocycles. The van der Waals surface area contributed by atoms with Crippen LogP contribution in [0.4, 0.5) is 5.69 Å². The SMILES string of the molecule is CCc1cccc(NC(=O)CSc2nnc(-c3ccoc3C)n2Cc2ccccc2)c1. The van der Waals surface area contributed by atoms with Crippen LogP contribution >= 0.6 is 11.8 Å². The standard InChI is InChI=1S/C24H24N4O2S/c1-3-18-10-7-11-20(14-18)25-22(29)16-31-24-27-26-23(21-12-13-30-17(21)2)28(24)15-19-8-5-4-6-9-19/h4-14H,3,15-16H2,1-2H3,(H,25,29). The number of benzene rings is 2. The van der Waals surface area contributed by atoms with Gasteiger partial charge in [-0.3, -0.25) is 9.36 Å². The Hall–Kier alpha value is -3.32. The fraction of sp³-hybridized carbons (Fsp3) is 0.208. The van der Waals surface area contributed by atoms with Crippen LogP contribution in [0, 0.1) is 6.92 Å². The molecular weight excluding hydrogens is 408 g/mol. The first-order valence-electron chi connectivity index (χ1n) is 10.2. The summed E-state index contributed by atoms with van der Waals surface area (Å²) in [6.45, 7) is 4.60. The average Bonchev–Trinajstić information content (AvgIpc) is 3.38. The Kier molecular flexibility index (Phi) is 6.52. The van der Waals surface area contributed by atoms with Crippen LogP contribution in [0.1, 0.15) is 23.8 Å². The number of anilines is 1. The maximum atomic E-state index is 12.5. The van der Waals surface area contributed by atoms with Crippen molar-refractivity contribution in [3.8, 4) is 11.4 Å². The Morgan fingerprint density at radius 3 is 2.61 bits per heavy atom. The summed E-state index contributed by atoms with van der Waals surface area (Å²) in [6.07, 6.45) is 2.58. The highest BCUT2D eigenvalue weighted by Gasteiger charge is 2.18. The highest BCUT2D eigenvalue weighted by molar-refractivity contribution is 7.99. The van der Waals surface area contributed by atoms with Crippen LogP contribution in [0.25, 0.3) is 11.4 Å². The molecule has 0 spiro atoms. The molecule has 2 aromatic heterocycles. The number of thioether (sulfide) groups is 1. The lowest BCUT2D eigenvalue weighted by Gasteiger charge is -2.10. The highest BCUT2D eigenvalue weighted by atomic mass is 32.2. The van der Waals surface area contributed by atoms with Gasteiger partial charge in [0.15, 0.2) is 11.0 Å². The maximum Gasteiger partial charge on any atom is 0.234 e. The van der Waals surface area contributed by atoms with E-state index in [1.165, 1.54) is 17.3 Å². The highest BCUT2D eigenvalue weighted by Crippen LogP contribution is 2.28. The van der Waals surface area contributed by atoms with Crippen LogP contribution in [0.2, 0.25) is 0 Å². The number of furan rings is 1. The summed E-state index contributed by atoms with van der Waals surface area (Å²) in [5.74, 6) is 1.68. The third kappa shape index (κ3) is 5.06. The number of rotatable bonds is 8. The van der Waals surface area contributed by atoms with Gasteiger partial charge in [-0.2, -0.15) is 0 Å². The van der Waals surface area contributed by atoms with E-state index in [-0.39, 0.29) is 11.7 Å². The molecule has 0 aliphatic heterocycles. The summed E-state index contributed by atoms with van der Waals surface area (Å²) in [5.41, 5.74) is 4.03. The van der Waals surface area contributed by atoms with Crippen molar-refractivity contribution in [1.82, 2.24) is 14.8 Å². The van der Waals surface area contributed by atoms with Gasteiger partial charge in [-0.15, -0.1) is 10.2 Å². The minimum absolute atomic E-state index is 0.0754. The van der Waals surface area contributed by atoms with Gasteiger partial charge < -0.3 is 9.73 Å². The second-order valence-corrected chi connectivity index (χ2v) is 8.10. The molecule has 0 fully saturated rings. The van der Waals surface area contributed by atoms with Crippen LogP contribution in [0.3, 0.4) is 0 Å². The number of hydrogen-bond donors (Lipinski definition) is 1. The summed E-state index contributed by atoms with van der Waals surface area (Å²) in [4.78, 5) is 12.5. The topological polar surface area (TPSA) is 73.0 Å². The molecule has 31 heavy (non-hydrogen) atoms. The summed E-state index contributed by atoms with van der Waals surface area (Å²) < 4.78 is 7.50. The first kappa shape index (κ1) is 20.9. The second-order valence-electron chi connectivity index (χ2n) is 7.16. The van der Waals surface area contributed by atoms with Crippen molar-refractivity contribution in [3.05, 3.63) is 83.8 Å². The van der Waals surface area contributed by atoms with Gasteiger partial charge in [0.05, 0.1) is 24.1 Å². The van der Waals surface area contributed by atoms with E-state index in [0.717, 1.165) is 34.8 Å². The molecule has 4 aromatic rings. The molecular formula is C24H24N4O2S. The van der Waals surface area contributed by atoms with Crippen LogP contribution < -0.4 is 5.32 Å². The van der Waals surface area contributed by atoms with E-state index in [0.29, 0.717) is 11.7 Å². The lowest BCUT2D eigenvalue weighted by atomic mass is 10.1. The van der Waals surface area contributed by atoms with Gasteiger partial charge in [0, 0.05) is 5.69 Å². The molecule has 158 valence electrons. The number of aromatic nitrogens is 3. The molecule has 2 aromatic carbocycles. The van der Waals surface area contributed by atoms with Crippen molar-refractivity contribution >= 4 is 23.4 Å². The molecule has 6 nitrogen and oxygen atoms in total. The summed E-state index contributed by atoms with van der Waals surface area (Å²) in [7, 11) is 0. The monoisotopic (exact) mass is 432 g/mol. The summed E-state index contributed by atoms with van der Waals surface area (Å²) >= 11 is 1.37. The molecule has 0 saturated carbocycles. The van der Waals surface area contributed by atoms with Gasteiger partial charge in [-0.1, -0.05) is 61.2 Å². The van der Waals surface area contributed by atoms with E-state index in [1.54, 1.807) is 6.26 Å². The van der Waals surface area contributed by atoms with Gasteiger partial charge in [0.25, 0.3) is 0 Å². The molecule has 1 amide bonds. The number of aryl methyl sites for hydroxylation is 2. The number of nitrogens with zero attached hydrogens (tertiary/aromatic N) is 3. The molecule has 7 heteroatoms. The zero-order chi connectivity index (χ0) is 21.6. The Labute approximate surface area is 185 Å². The molecule has 4 rings (SSSR count).